The quantitative estimate of drug-likeness (QED) is 0.252. The van der Waals surface area contributed by atoms with Crippen molar-refractivity contribution in [2.75, 3.05) is 20.8 Å². The van der Waals surface area contributed by atoms with Crippen molar-refractivity contribution in [2.45, 2.75) is 72.5 Å². The number of ether oxygens (including phenoxy) is 2. The molecule has 6 heteroatoms. The molecule has 27 heavy (non-hydrogen) atoms. The number of esters is 2. The Morgan fingerprint density at radius 2 is 1.44 bits per heavy atom. The molecule has 0 bridgehead atoms. The first kappa shape index (κ1) is 25.6. The number of hydrogen-bond donors (Lipinski definition) is 0. The number of hydrogen-bond acceptors (Lipinski definition) is 5. The molecule has 0 N–H and O–H groups in total. The molecule has 0 amide bonds. The first-order chi connectivity index (χ1) is 12.1. The normalized spacial score (nSPS) is 12.8. The Morgan fingerprint density at radius 1 is 0.963 bits per heavy atom. The van der Waals surface area contributed by atoms with Gasteiger partial charge in [-0.1, -0.05) is 41.5 Å². The molecule has 156 valence electrons. The van der Waals surface area contributed by atoms with Gasteiger partial charge in [0.2, 0.25) is 0 Å². The van der Waals surface area contributed by atoms with Crippen LogP contribution in [-0.4, -0.2) is 41.1 Å². The Hall–Kier alpha value is -1.36. The molecule has 0 aliphatic rings. The van der Waals surface area contributed by atoms with E-state index >= 15 is 0 Å². The van der Waals surface area contributed by atoms with Gasteiger partial charge < -0.3 is 13.9 Å². The van der Waals surface area contributed by atoms with Crippen LogP contribution in [0.4, 0.5) is 0 Å². The average Bonchev–Trinajstić information content (AvgIpc) is 2.53. The smallest absolute Gasteiger partial charge is 0.323 e. The molecule has 0 aromatic carbocycles. The van der Waals surface area contributed by atoms with Crippen LogP contribution in [0.1, 0.15) is 54.4 Å². The summed E-state index contributed by atoms with van der Waals surface area (Å²) in [6.45, 7) is 17.1. The third-order valence-corrected chi connectivity index (χ3v) is 9.57. The van der Waals surface area contributed by atoms with Gasteiger partial charge in [-0.25, -0.2) is 0 Å². The van der Waals surface area contributed by atoms with Crippen molar-refractivity contribution in [3.63, 3.8) is 0 Å². The van der Waals surface area contributed by atoms with Crippen LogP contribution in [0.25, 0.3) is 0 Å². The summed E-state index contributed by atoms with van der Waals surface area (Å²) >= 11 is 0. The Balaban J connectivity index is 5.61. The van der Waals surface area contributed by atoms with Gasteiger partial charge in [0.05, 0.1) is 14.2 Å². The van der Waals surface area contributed by atoms with E-state index in [1.807, 2.05) is 6.08 Å². The van der Waals surface area contributed by atoms with E-state index in [1.54, 1.807) is 6.08 Å². The van der Waals surface area contributed by atoms with E-state index in [0.29, 0.717) is 0 Å². The third kappa shape index (κ3) is 7.65. The van der Waals surface area contributed by atoms with Crippen LogP contribution < -0.4 is 0 Å². The predicted molar refractivity (Wildman–Crippen MR) is 111 cm³/mol. The molecule has 0 heterocycles. The molecule has 5 nitrogen and oxygen atoms in total. The lowest BCUT2D eigenvalue weighted by atomic mass is 9.81. The fraction of sp³-hybridized carbons (Fsp3) is 0.762. The lowest BCUT2D eigenvalue weighted by molar-refractivity contribution is -0.170. The van der Waals surface area contributed by atoms with Crippen LogP contribution >= 0.6 is 0 Å². The molecular weight excluding hydrogens is 360 g/mol. The van der Waals surface area contributed by atoms with E-state index in [-0.39, 0.29) is 29.9 Å². The monoisotopic (exact) mass is 398 g/mol. The summed E-state index contributed by atoms with van der Waals surface area (Å²) < 4.78 is 16.1. The molecule has 0 spiro atoms. The Labute approximate surface area is 166 Å². The minimum atomic E-state index is -1.99. The molecule has 0 unspecified atom stereocenters. The highest BCUT2D eigenvalue weighted by molar-refractivity contribution is 6.74. The lowest BCUT2D eigenvalue weighted by Crippen LogP contribution is -2.45. The zero-order chi connectivity index (χ0) is 21.5. The number of allylic oxidation sites excluding steroid dienone is 1. The third-order valence-electron chi connectivity index (χ3n) is 5.03. The van der Waals surface area contributed by atoms with Crippen LogP contribution in [0.15, 0.2) is 17.9 Å². The van der Waals surface area contributed by atoms with E-state index < -0.39 is 25.7 Å². The number of carbonyl (C=O) groups excluding carboxylic acids is 2. The maximum atomic E-state index is 12.6. The molecule has 0 aromatic heterocycles. The summed E-state index contributed by atoms with van der Waals surface area (Å²) in [4.78, 5) is 25.1. The highest BCUT2D eigenvalue weighted by Crippen LogP contribution is 2.38. The van der Waals surface area contributed by atoms with Crippen molar-refractivity contribution in [3.8, 4) is 0 Å². The van der Waals surface area contributed by atoms with Gasteiger partial charge in [0.25, 0.3) is 0 Å². The highest BCUT2D eigenvalue weighted by atomic mass is 28.4. The minimum absolute atomic E-state index is 0.0405. The summed E-state index contributed by atoms with van der Waals surface area (Å²) in [5, 5.41) is 0.0432. The van der Waals surface area contributed by atoms with Gasteiger partial charge in [0, 0.05) is 6.61 Å². The van der Waals surface area contributed by atoms with Crippen molar-refractivity contribution in [3.05, 3.63) is 17.9 Å². The Bertz CT molecular complexity index is 556. The molecular formula is C21H38O5Si. The van der Waals surface area contributed by atoms with Crippen LogP contribution in [0, 0.1) is 10.8 Å². The second-order valence-corrected chi connectivity index (χ2v) is 14.3. The predicted octanol–water partition coefficient (Wildman–Crippen LogP) is 4.88. The highest BCUT2D eigenvalue weighted by Gasteiger charge is 2.48. The Morgan fingerprint density at radius 3 is 1.81 bits per heavy atom. The molecule has 0 radical (unpaired) electrons. The zero-order valence-electron chi connectivity index (χ0n) is 18.8. The summed E-state index contributed by atoms with van der Waals surface area (Å²) in [5.74, 6) is -1.22. The van der Waals surface area contributed by atoms with Crippen LogP contribution in [0.2, 0.25) is 18.1 Å². The summed E-state index contributed by atoms with van der Waals surface area (Å²) in [6, 6.07) is 0. The van der Waals surface area contributed by atoms with Gasteiger partial charge in [-0.15, -0.1) is 5.73 Å². The van der Waals surface area contributed by atoms with Crippen molar-refractivity contribution in [2.24, 2.45) is 10.8 Å². The largest absolute Gasteiger partial charge is 0.468 e. The molecule has 0 atom stereocenters. The molecule has 0 fully saturated rings. The van der Waals surface area contributed by atoms with E-state index in [2.05, 4.69) is 60.4 Å². The summed E-state index contributed by atoms with van der Waals surface area (Å²) in [5.41, 5.74) is 1.61. The van der Waals surface area contributed by atoms with Crippen LogP contribution in [-0.2, 0) is 23.5 Å². The number of rotatable bonds is 8. The number of methoxy groups -OCH3 is 2. The summed E-state index contributed by atoms with van der Waals surface area (Å²) in [6.07, 6.45) is 3.95. The molecule has 0 aromatic rings. The average molecular weight is 399 g/mol. The van der Waals surface area contributed by atoms with Crippen molar-refractivity contribution >= 4 is 20.3 Å². The zero-order valence-corrected chi connectivity index (χ0v) is 19.8. The van der Waals surface area contributed by atoms with Crippen molar-refractivity contribution < 1.29 is 23.5 Å². The maximum absolute atomic E-state index is 12.6. The lowest BCUT2D eigenvalue weighted by Gasteiger charge is -2.37. The molecule has 0 rings (SSSR count). The standard InChI is InChI=1S/C21H38O5Si/c1-19(2,3)13-11-12-14-21(17(22)24-7,18(23)25-8)15-16-26-27(9,10)20(4,5)6/h12-13H,14-16H2,1-10H3. The number of carbonyl (C=O) groups is 2. The minimum Gasteiger partial charge on any atom is -0.468 e. The summed E-state index contributed by atoms with van der Waals surface area (Å²) in [7, 11) is 0.569. The maximum Gasteiger partial charge on any atom is 0.323 e. The van der Waals surface area contributed by atoms with Crippen LogP contribution in [0.5, 0.6) is 0 Å². The topological polar surface area (TPSA) is 61.8 Å². The fourth-order valence-corrected chi connectivity index (χ4v) is 3.23. The van der Waals surface area contributed by atoms with Gasteiger partial charge in [0.15, 0.2) is 13.7 Å². The Kier molecular flexibility index (Phi) is 9.23. The molecule has 0 aliphatic heterocycles. The molecule has 0 saturated carbocycles. The van der Waals surface area contributed by atoms with Crippen molar-refractivity contribution in [1.82, 2.24) is 0 Å². The van der Waals surface area contributed by atoms with Crippen molar-refractivity contribution in [1.29, 1.82) is 0 Å². The van der Waals surface area contributed by atoms with Gasteiger partial charge in [0.1, 0.15) is 0 Å². The fourth-order valence-electron chi connectivity index (χ4n) is 2.19. The van der Waals surface area contributed by atoms with E-state index in [4.69, 9.17) is 13.9 Å². The van der Waals surface area contributed by atoms with E-state index in [1.165, 1.54) is 14.2 Å². The molecule has 0 aliphatic carbocycles. The van der Waals surface area contributed by atoms with Gasteiger partial charge in [-0.05, 0) is 48.5 Å². The van der Waals surface area contributed by atoms with Gasteiger partial charge >= 0.3 is 11.9 Å². The molecule has 0 saturated heterocycles. The van der Waals surface area contributed by atoms with Crippen LogP contribution in [0.3, 0.4) is 0 Å². The van der Waals surface area contributed by atoms with E-state index in [9.17, 15) is 9.59 Å². The van der Waals surface area contributed by atoms with Gasteiger partial charge in [-0.2, -0.15) is 0 Å². The SMILES string of the molecule is COC(=O)C(CC=C=CC(C)(C)C)(CCO[Si](C)(C)C(C)(C)C)C(=O)OC. The van der Waals surface area contributed by atoms with E-state index in [0.717, 1.165) is 0 Å². The second-order valence-electron chi connectivity index (χ2n) is 9.51. The van der Waals surface area contributed by atoms with Gasteiger partial charge in [-0.3, -0.25) is 9.59 Å². The first-order valence-corrected chi connectivity index (χ1v) is 12.3. The second kappa shape index (κ2) is 9.72. The first-order valence-electron chi connectivity index (χ1n) is 9.36.